The van der Waals surface area contributed by atoms with Crippen LogP contribution >= 0.6 is 0 Å². The van der Waals surface area contributed by atoms with E-state index in [1.165, 1.54) is 19.3 Å². The fourth-order valence-electron chi connectivity index (χ4n) is 1.88. The van der Waals surface area contributed by atoms with E-state index in [1.807, 2.05) is 7.11 Å². The van der Waals surface area contributed by atoms with Gasteiger partial charge in [0.05, 0.1) is 18.8 Å². The van der Waals surface area contributed by atoms with Crippen molar-refractivity contribution in [2.24, 2.45) is 0 Å². The molecule has 0 spiro atoms. The van der Waals surface area contributed by atoms with E-state index in [1.54, 1.807) is 7.11 Å². The van der Waals surface area contributed by atoms with Crippen LogP contribution in [-0.2, 0) is 14.2 Å². The molecule has 0 bridgehead atoms. The lowest BCUT2D eigenvalue weighted by Gasteiger charge is -2.40. The normalized spacial score (nSPS) is 18.4. The summed E-state index contributed by atoms with van der Waals surface area (Å²) in [6.45, 7) is 4.15. The predicted molar refractivity (Wildman–Crippen MR) is 63.8 cm³/mol. The minimum atomic E-state index is 0.136. The van der Waals surface area contributed by atoms with Crippen LogP contribution in [-0.4, -0.2) is 52.7 Å². The number of nitrogens with one attached hydrogen (secondary N) is 1. The largest absolute Gasteiger partial charge is 0.382 e. The van der Waals surface area contributed by atoms with Crippen molar-refractivity contribution in [3.63, 3.8) is 0 Å². The summed E-state index contributed by atoms with van der Waals surface area (Å²) in [5.41, 5.74) is 0.136. The highest BCUT2D eigenvalue weighted by Crippen LogP contribution is 2.34. The maximum atomic E-state index is 5.52. The Kier molecular flexibility index (Phi) is 6.96. The lowest BCUT2D eigenvalue weighted by Crippen LogP contribution is -2.48. The third-order valence-corrected chi connectivity index (χ3v) is 3.22. The van der Waals surface area contributed by atoms with E-state index in [0.29, 0.717) is 13.2 Å². The van der Waals surface area contributed by atoms with Gasteiger partial charge < -0.3 is 19.5 Å². The maximum Gasteiger partial charge on any atom is 0.0802 e. The average molecular weight is 231 g/mol. The molecule has 1 N–H and O–H groups in total. The molecule has 1 aliphatic rings. The van der Waals surface area contributed by atoms with Crippen LogP contribution in [0.25, 0.3) is 0 Å². The fraction of sp³-hybridized carbons (Fsp3) is 1.00. The highest BCUT2D eigenvalue weighted by Gasteiger charge is 2.36. The third kappa shape index (κ3) is 4.78. The molecule has 96 valence electrons. The van der Waals surface area contributed by atoms with Gasteiger partial charge in [0, 0.05) is 27.4 Å². The monoisotopic (exact) mass is 231 g/mol. The number of hydrogen-bond donors (Lipinski definition) is 1. The first-order chi connectivity index (χ1) is 7.83. The molecule has 0 aliphatic heterocycles. The second-order valence-corrected chi connectivity index (χ2v) is 4.38. The summed E-state index contributed by atoms with van der Waals surface area (Å²) in [6, 6.07) is 0. The molecule has 0 atom stereocenters. The Balaban J connectivity index is 1.84. The Labute approximate surface area is 98.6 Å². The molecule has 0 saturated heterocycles. The Morgan fingerprint density at radius 2 is 1.94 bits per heavy atom. The summed E-state index contributed by atoms with van der Waals surface area (Å²) in [4.78, 5) is 0. The van der Waals surface area contributed by atoms with Gasteiger partial charge in [0.15, 0.2) is 0 Å². The van der Waals surface area contributed by atoms with Crippen molar-refractivity contribution < 1.29 is 14.2 Å². The highest BCUT2D eigenvalue weighted by molar-refractivity contribution is 4.91. The molecule has 0 aromatic heterocycles. The van der Waals surface area contributed by atoms with Crippen molar-refractivity contribution in [3.05, 3.63) is 0 Å². The second kappa shape index (κ2) is 8.01. The van der Waals surface area contributed by atoms with Crippen LogP contribution in [0.4, 0.5) is 0 Å². The second-order valence-electron chi connectivity index (χ2n) is 4.38. The number of ether oxygens (including phenoxy) is 3. The molecule has 1 aliphatic carbocycles. The lowest BCUT2D eigenvalue weighted by molar-refractivity contribution is -0.0694. The minimum absolute atomic E-state index is 0.136. The maximum absolute atomic E-state index is 5.52. The van der Waals surface area contributed by atoms with Gasteiger partial charge in [-0.1, -0.05) is 0 Å². The summed E-state index contributed by atoms with van der Waals surface area (Å²) in [5, 5.41) is 3.43. The van der Waals surface area contributed by atoms with E-state index in [9.17, 15) is 0 Å². The molecule has 1 fully saturated rings. The van der Waals surface area contributed by atoms with E-state index in [4.69, 9.17) is 14.2 Å². The fourth-order valence-corrected chi connectivity index (χ4v) is 1.88. The summed E-state index contributed by atoms with van der Waals surface area (Å²) in [5.74, 6) is 0. The number of hydrogen-bond acceptors (Lipinski definition) is 4. The van der Waals surface area contributed by atoms with Gasteiger partial charge in [-0.15, -0.1) is 0 Å². The van der Waals surface area contributed by atoms with Gasteiger partial charge in [0.1, 0.15) is 0 Å². The zero-order valence-corrected chi connectivity index (χ0v) is 10.6. The van der Waals surface area contributed by atoms with Gasteiger partial charge in [-0.05, 0) is 32.2 Å². The van der Waals surface area contributed by atoms with Crippen molar-refractivity contribution in [1.82, 2.24) is 5.32 Å². The standard InChI is InChI=1S/C12H25NO3/c1-14-9-10-16-8-4-7-13-11-12(15-2)5-3-6-12/h13H,3-11H2,1-2H3. The van der Waals surface area contributed by atoms with E-state index >= 15 is 0 Å². The van der Waals surface area contributed by atoms with E-state index < -0.39 is 0 Å². The van der Waals surface area contributed by atoms with Crippen molar-refractivity contribution in [3.8, 4) is 0 Å². The smallest absolute Gasteiger partial charge is 0.0802 e. The molecule has 16 heavy (non-hydrogen) atoms. The molecule has 1 rings (SSSR count). The topological polar surface area (TPSA) is 39.7 Å². The van der Waals surface area contributed by atoms with Gasteiger partial charge >= 0.3 is 0 Å². The number of methoxy groups -OCH3 is 2. The first-order valence-corrected chi connectivity index (χ1v) is 6.15. The highest BCUT2D eigenvalue weighted by atomic mass is 16.5. The molecule has 0 heterocycles. The van der Waals surface area contributed by atoms with Gasteiger partial charge in [-0.25, -0.2) is 0 Å². The zero-order chi connectivity index (χ0) is 11.7. The van der Waals surface area contributed by atoms with Crippen LogP contribution in [0.5, 0.6) is 0 Å². The van der Waals surface area contributed by atoms with E-state index in [-0.39, 0.29) is 5.60 Å². The molecule has 4 nitrogen and oxygen atoms in total. The molecular formula is C12H25NO3. The van der Waals surface area contributed by atoms with Crippen molar-refractivity contribution in [2.45, 2.75) is 31.3 Å². The molecule has 0 aromatic carbocycles. The zero-order valence-electron chi connectivity index (χ0n) is 10.6. The minimum Gasteiger partial charge on any atom is -0.382 e. The third-order valence-electron chi connectivity index (χ3n) is 3.22. The average Bonchev–Trinajstić information content (AvgIpc) is 2.25. The van der Waals surface area contributed by atoms with Crippen LogP contribution in [0.1, 0.15) is 25.7 Å². The summed E-state index contributed by atoms with van der Waals surface area (Å²) in [7, 11) is 3.50. The molecular weight excluding hydrogens is 206 g/mol. The summed E-state index contributed by atoms with van der Waals surface area (Å²) >= 11 is 0. The van der Waals surface area contributed by atoms with E-state index in [0.717, 1.165) is 26.1 Å². The molecule has 4 heteroatoms. The summed E-state index contributed by atoms with van der Waals surface area (Å²) in [6.07, 6.45) is 4.74. The summed E-state index contributed by atoms with van der Waals surface area (Å²) < 4.78 is 15.8. The van der Waals surface area contributed by atoms with E-state index in [2.05, 4.69) is 5.32 Å². The SMILES string of the molecule is COCCOCCCNCC1(OC)CCC1. The van der Waals surface area contributed by atoms with Crippen molar-refractivity contribution >= 4 is 0 Å². The van der Waals surface area contributed by atoms with Crippen LogP contribution in [0, 0.1) is 0 Å². The van der Waals surface area contributed by atoms with Crippen LogP contribution in [0.2, 0.25) is 0 Å². The van der Waals surface area contributed by atoms with Crippen LogP contribution < -0.4 is 5.32 Å². The Morgan fingerprint density at radius 3 is 2.50 bits per heavy atom. The lowest BCUT2D eigenvalue weighted by atomic mass is 9.80. The quantitative estimate of drug-likeness (QED) is 0.573. The Morgan fingerprint density at radius 1 is 1.12 bits per heavy atom. The molecule has 0 aromatic rings. The van der Waals surface area contributed by atoms with Gasteiger partial charge in [0.25, 0.3) is 0 Å². The van der Waals surface area contributed by atoms with Gasteiger partial charge in [-0.2, -0.15) is 0 Å². The van der Waals surface area contributed by atoms with Gasteiger partial charge in [-0.3, -0.25) is 0 Å². The van der Waals surface area contributed by atoms with Crippen molar-refractivity contribution in [2.75, 3.05) is 47.1 Å². The van der Waals surface area contributed by atoms with Crippen LogP contribution in [0.3, 0.4) is 0 Å². The Bertz CT molecular complexity index is 166. The molecule has 1 saturated carbocycles. The molecule has 0 unspecified atom stereocenters. The molecule has 0 radical (unpaired) electrons. The van der Waals surface area contributed by atoms with Crippen molar-refractivity contribution in [1.29, 1.82) is 0 Å². The predicted octanol–water partition coefficient (Wildman–Crippen LogP) is 1.20. The molecule has 0 amide bonds. The first-order valence-electron chi connectivity index (χ1n) is 6.15. The number of rotatable bonds is 10. The first kappa shape index (κ1) is 13.9. The van der Waals surface area contributed by atoms with Crippen LogP contribution in [0.15, 0.2) is 0 Å². The van der Waals surface area contributed by atoms with Gasteiger partial charge in [0.2, 0.25) is 0 Å². The Hall–Kier alpha value is -0.160.